The number of rotatable bonds is 6. The molecule has 1 aromatic carbocycles. The molecule has 2 N–H and O–H groups in total. The standard InChI is InChI=1S/C21H27N3O3/c1-21(10-9-14-5-3-2-4-6-14)19(26)24(20(27)22-21)23-18(25)13-17-12-15-7-8-16(17)11-15/h2-6,15-17H,7-13H2,1H3,(H,22,27)(H,23,25). The molecule has 2 saturated carbocycles. The van der Waals surface area contributed by atoms with Gasteiger partial charge in [0.05, 0.1) is 0 Å². The largest absolute Gasteiger partial charge is 0.344 e. The average Bonchev–Trinajstić information content (AvgIpc) is 3.32. The molecule has 0 radical (unpaired) electrons. The maximum absolute atomic E-state index is 12.8. The predicted octanol–water partition coefficient (Wildman–Crippen LogP) is 2.79. The topological polar surface area (TPSA) is 78.5 Å². The first kappa shape index (κ1) is 18.0. The zero-order chi connectivity index (χ0) is 19.0. The van der Waals surface area contributed by atoms with E-state index in [0.717, 1.165) is 22.9 Å². The minimum Gasteiger partial charge on any atom is -0.322 e. The number of nitrogens with zero attached hydrogens (tertiary/aromatic N) is 1. The third-order valence-corrected chi connectivity index (χ3v) is 6.59. The molecule has 4 amide bonds. The van der Waals surface area contributed by atoms with Crippen LogP contribution in [0.4, 0.5) is 4.79 Å². The van der Waals surface area contributed by atoms with Crippen LogP contribution >= 0.6 is 0 Å². The van der Waals surface area contributed by atoms with Crippen molar-refractivity contribution in [2.75, 3.05) is 0 Å². The third-order valence-electron chi connectivity index (χ3n) is 6.59. The van der Waals surface area contributed by atoms with E-state index in [1.807, 2.05) is 30.3 Å². The fourth-order valence-electron chi connectivity index (χ4n) is 5.03. The number of carbonyl (C=O) groups excluding carboxylic acids is 3. The summed E-state index contributed by atoms with van der Waals surface area (Å²) in [6, 6.07) is 9.31. The Hall–Kier alpha value is -2.37. The van der Waals surface area contributed by atoms with Crippen molar-refractivity contribution >= 4 is 17.8 Å². The molecule has 6 nitrogen and oxygen atoms in total. The Labute approximate surface area is 159 Å². The molecule has 0 aromatic heterocycles. The average molecular weight is 369 g/mol. The summed E-state index contributed by atoms with van der Waals surface area (Å²) in [6.45, 7) is 1.72. The number of aryl methyl sites for hydroxylation is 1. The van der Waals surface area contributed by atoms with E-state index in [0.29, 0.717) is 31.1 Å². The van der Waals surface area contributed by atoms with Crippen molar-refractivity contribution < 1.29 is 14.4 Å². The molecule has 1 heterocycles. The molecular formula is C21H27N3O3. The van der Waals surface area contributed by atoms with Gasteiger partial charge in [0, 0.05) is 6.42 Å². The molecule has 27 heavy (non-hydrogen) atoms. The van der Waals surface area contributed by atoms with Crippen LogP contribution in [0.15, 0.2) is 30.3 Å². The van der Waals surface area contributed by atoms with Gasteiger partial charge in [0.25, 0.3) is 5.91 Å². The van der Waals surface area contributed by atoms with E-state index < -0.39 is 11.6 Å². The molecule has 6 heteroatoms. The zero-order valence-corrected chi connectivity index (χ0v) is 15.7. The monoisotopic (exact) mass is 369 g/mol. The molecule has 3 fully saturated rings. The highest BCUT2D eigenvalue weighted by Gasteiger charge is 2.48. The van der Waals surface area contributed by atoms with E-state index in [1.54, 1.807) is 6.92 Å². The van der Waals surface area contributed by atoms with Gasteiger partial charge in [-0.2, -0.15) is 5.01 Å². The van der Waals surface area contributed by atoms with Crippen LogP contribution in [0.2, 0.25) is 0 Å². The van der Waals surface area contributed by atoms with Crippen molar-refractivity contribution in [3.8, 4) is 0 Å². The van der Waals surface area contributed by atoms with Gasteiger partial charge >= 0.3 is 6.03 Å². The Morgan fingerprint density at radius 1 is 1.22 bits per heavy atom. The zero-order valence-electron chi connectivity index (χ0n) is 15.7. The number of hydrogen-bond donors (Lipinski definition) is 2. The minimum atomic E-state index is -0.993. The molecule has 1 saturated heterocycles. The van der Waals surface area contributed by atoms with Gasteiger partial charge < -0.3 is 5.32 Å². The summed E-state index contributed by atoms with van der Waals surface area (Å²) in [4.78, 5) is 37.5. The van der Waals surface area contributed by atoms with Crippen molar-refractivity contribution in [2.24, 2.45) is 17.8 Å². The number of carbonyl (C=O) groups is 3. The van der Waals surface area contributed by atoms with Gasteiger partial charge in [-0.15, -0.1) is 0 Å². The summed E-state index contributed by atoms with van der Waals surface area (Å²) < 4.78 is 0. The Kier molecular flexibility index (Phi) is 4.66. The van der Waals surface area contributed by atoms with E-state index >= 15 is 0 Å². The molecule has 2 bridgehead atoms. The Morgan fingerprint density at radius 2 is 2.00 bits per heavy atom. The number of benzene rings is 1. The summed E-state index contributed by atoms with van der Waals surface area (Å²) >= 11 is 0. The number of urea groups is 1. The van der Waals surface area contributed by atoms with Crippen LogP contribution in [0.5, 0.6) is 0 Å². The van der Waals surface area contributed by atoms with Crippen molar-refractivity contribution in [2.45, 2.75) is 57.4 Å². The Balaban J connectivity index is 1.33. The first-order valence-electron chi connectivity index (χ1n) is 9.95. The van der Waals surface area contributed by atoms with Crippen LogP contribution in [-0.2, 0) is 16.0 Å². The minimum absolute atomic E-state index is 0.233. The van der Waals surface area contributed by atoms with Crippen LogP contribution in [0.25, 0.3) is 0 Å². The summed E-state index contributed by atoms with van der Waals surface area (Å²) in [5, 5.41) is 3.62. The van der Waals surface area contributed by atoms with Crippen LogP contribution in [0, 0.1) is 17.8 Å². The van der Waals surface area contributed by atoms with Gasteiger partial charge in [0.1, 0.15) is 5.54 Å². The molecule has 4 unspecified atom stereocenters. The second-order valence-corrected chi connectivity index (χ2v) is 8.56. The molecule has 144 valence electrons. The predicted molar refractivity (Wildman–Crippen MR) is 100 cm³/mol. The Bertz CT molecular complexity index is 750. The van der Waals surface area contributed by atoms with Crippen molar-refractivity contribution in [3.63, 3.8) is 0 Å². The van der Waals surface area contributed by atoms with Crippen LogP contribution in [-0.4, -0.2) is 28.4 Å². The number of nitrogens with one attached hydrogen (secondary N) is 2. The van der Waals surface area contributed by atoms with Crippen LogP contribution in [0.3, 0.4) is 0 Å². The van der Waals surface area contributed by atoms with E-state index in [1.165, 1.54) is 19.3 Å². The van der Waals surface area contributed by atoms with Gasteiger partial charge in [-0.3, -0.25) is 15.0 Å². The lowest BCUT2D eigenvalue weighted by atomic mass is 9.86. The highest BCUT2D eigenvalue weighted by molar-refractivity contribution is 6.07. The molecule has 4 atom stereocenters. The van der Waals surface area contributed by atoms with Crippen molar-refractivity contribution in [1.29, 1.82) is 0 Å². The van der Waals surface area contributed by atoms with Gasteiger partial charge in [-0.1, -0.05) is 36.8 Å². The first-order valence-corrected chi connectivity index (χ1v) is 9.95. The maximum atomic E-state index is 12.8. The lowest BCUT2D eigenvalue weighted by Gasteiger charge is -2.23. The van der Waals surface area contributed by atoms with Gasteiger partial charge in [0.15, 0.2) is 0 Å². The second kappa shape index (κ2) is 6.98. The van der Waals surface area contributed by atoms with Gasteiger partial charge in [-0.25, -0.2) is 4.79 Å². The Morgan fingerprint density at radius 3 is 2.67 bits per heavy atom. The fraction of sp³-hybridized carbons (Fsp3) is 0.571. The normalized spacial score (nSPS) is 32.0. The quantitative estimate of drug-likeness (QED) is 0.757. The molecule has 4 rings (SSSR count). The molecule has 2 aliphatic carbocycles. The highest BCUT2D eigenvalue weighted by Crippen LogP contribution is 2.49. The molecule has 0 spiro atoms. The third kappa shape index (κ3) is 3.57. The summed E-state index contributed by atoms with van der Waals surface area (Å²) in [5.74, 6) is 1.19. The van der Waals surface area contributed by atoms with Crippen LogP contribution < -0.4 is 10.7 Å². The molecule has 1 aromatic rings. The summed E-state index contributed by atoms with van der Waals surface area (Å²) in [7, 11) is 0. The lowest BCUT2D eigenvalue weighted by molar-refractivity contribution is -0.139. The smallest absolute Gasteiger partial charge is 0.322 e. The molecule has 3 aliphatic rings. The maximum Gasteiger partial charge on any atom is 0.344 e. The van der Waals surface area contributed by atoms with Crippen molar-refractivity contribution in [3.05, 3.63) is 35.9 Å². The molecule has 1 aliphatic heterocycles. The fourth-order valence-corrected chi connectivity index (χ4v) is 5.03. The summed E-state index contributed by atoms with van der Waals surface area (Å²) in [5.41, 5.74) is 2.67. The lowest BCUT2D eigenvalue weighted by Crippen LogP contribution is -2.49. The van der Waals surface area contributed by atoms with E-state index in [2.05, 4.69) is 10.7 Å². The number of imide groups is 1. The van der Waals surface area contributed by atoms with Gasteiger partial charge in [-0.05, 0) is 62.3 Å². The van der Waals surface area contributed by atoms with E-state index in [-0.39, 0.29) is 11.8 Å². The number of fused-ring (bicyclic) bond motifs is 2. The number of amides is 4. The van der Waals surface area contributed by atoms with Crippen LogP contribution in [0.1, 0.15) is 51.0 Å². The number of hydrogen-bond acceptors (Lipinski definition) is 3. The number of hydrazine groups is 1. The van der Waals surface area contributed by atoms with E-state index in [9.17, 15) is 14.4 Å². The second-order valence-electron chi connectivity index (χ2n) is 8.56. The van der Waals surface area contributed by atoms with E-state index in [4.69, 9.17) is 0 Å². The van der Waals surface area contributed by atoms with Gasteiger partial charge in [0.2, 0.25) is 5.91 Å². The molecular weight excluding hydrogens is 342 g/mol. The highest BCUT2D eigenvalue weighted by atomic mass is 16.2. The SMILES string of the molecule is CC1(CCc2ccccc2)NC(=O)N(NC(=O)CC2CC3CCC2C3)C1=O. The summed E-state index contributed by atoms with van der Waals surface area (Å²) in [6.07, 6.45) is 6.40. The first-order chi connectivity index (χ1) is 12.9. The van der Waals surface area contributed by atoms with Crippen molar-refractivity contribution in [1.82, 2.24) is 15.8 Å².